The topological polar surface area (TPSA) is 151 Å². The smallest absolute Gasteiger partial charge is 0.160 e. The van der Waals surface area contributed by atoms with E-state index >= 15 is 0 Å². The van der Waals surface area contributed by atoms with Gasteiger partial charge in [0.2, 0.25) is 0 Å². The first-order valence-corrected chi connectivity index (χ1v) is 15.9. The maximum absolute atomic E-state index is 9.63. The molecule has 0 unspecified atom stereocenters. The molecule has 44 heavy (non-hydrogen) atoms. The number of nitrogens with zero attached hydrogens (tertiary/aromatic N) is 2. The molecule has 0 amide bonds. The van der Waals surface area contributed by atoms with Crippen LogP contribution >= 0.6 is 0 Å². The van der Waals surface area contributed by atoms with Gasteiger partial charge in [-0.3, -0.25) is 0 Å². The van der Waals surface area contributed by atoms with Gasteiger partial charge in [0.1, 0.15) is 0 Å². The highest BCUT2D eigenvalue weighted by Gasteiger charge is 2.12. The maximum Gasteiger partial charge on any atom is 0.160 e. The van der Waals surface area contributed by atoms with Gasteiger partial charge in [0.05, 0.1) is 26.1 Å². The third-order valence-electron chi connectivity index (χ3n) is 7.61. The van der Waals surface area contributed by atoms with Crippen molar-refractivity contribution in [3.8, 4) is 23.0 Å². The fourth-order valence-corrected chi connectivity index (χ4v) is 5.07. The number of phenols is 2. The number of methoxy groups -OCH3 is 2. The van der Waals surface area contributed by atoms with Crippen LogP contribution in [0.4, 0.5) is 0 Å². The number of ether oxygens (including phenoxy) is 2. The number of hydrogen-bond acceptors (Lipinski definition) is 10. The van der Waals surface area contributed by atoms with Crippen molar-refractivity contribution < 1.29 is 19.7 Å². The highest BCUT2D eigenvalue weighted by Crippen LogP contribution is 2.27. The van der Waals surface area contributed by atoms with Gasteiger partial charge in [-0.2, -0.15) is 9.89 Å². The zero-order valence-electron chi connectivity index (χ0n) is 26.5. The summed E-state index contributed by atoms with van der Waals surface area (Å²) in [5, 5.41) is 37.1. The number of rotatable bonds is 19. The van der Waals surface area contributed by atoms with E-state index in [0.717, 1.165) is 89.2 Å². The Balaban J connectivity index is 0.000000440. The fourth-order valence-electron chi connectivity index (χ4n) is 5.07. The average molecular weight is 612 g/mol. The van der Waals surface area contributed by atoms with Crippen molar-refractivity contribution in [2.75, 3.05) is 59.3 Å². The lowest BCUT2D eigenvalue weighted by Gasteiger charge is -2.10. The Morgan fingerprint density at radius 2 is 1.18 bits per heavy atom. The van der Waals surface area contributed by atoms with Crippen LogP contribution in [0.1, 0.15) is 60.9 Å². The molecule has 0 saturated heterocycles. The first kappa shape index (κ1) is 35.0. The molecule has 0 bridgehead atoms. The zero-order valence-corrected chi connectivity index (χ0v) is 26.5. The quantitative estimate of drug-likeness (QED) is 0.0795. The minimum absolute atomic E-state index is 0.172. The lowest BCUT2D eigenvalue weighted by molar-refractivity contribution is 0.372. The number of unbranched alkanes of at least 4 members (excludes halogenated alkanes) is 1. The number of aromatic nitrogens is 2. The van der Waals surface area contributed by atoms with Crippen LogP contribution in [0.5, 0.6) is 23.0 Å². The van der Waals surface area contributed by atoms with Crippen LogP contribution in [-0.4, -0.2) is 73.6 Å². The Bertz CT molecular complexity index is 1150. The van der Waals surface area contributed by atoms with Gasteiger partial charge in [-0.1, -0.05) is 12.1 Å². The van der Waals surface area contributed by atoms with E-state index < -0.39 is 0 Å². The van der Waals surface area contributed by atoms with Crippen LogP contribution in [0.15, 0.2) is 42.6 Å². The molecule has 2 aromatic carbocycles. The molecular formula is C33H53N7O4. The first-order valence-electron chi connectivity index (χ1n) is 15.9. The monoisotopic (exact) mass is 611 g/mol. The molecule has 11 nitrogen and oxygen atoms in total. The predicted octanol–water partition coefficient (Wildman–Crippen LogP) is 3.21. The van der Waals surface area contributed by atoms with E-state index in [1.807, 2.05) is 30.5 Å². The normalized spacial score (nSPS) is 12.3. The number of nitrogens with one attached hydrogen (secondary N) is 4. The summed E-state index contributed by atoms with van der Waals surface area (Å²) in [6, 6.07) is 10.9. The van der Waals surface area contributed by atoms with E-state index in [2.05, 4.69) is 26.4 Å². The summed E-state index contributed by atoms with van der Waals surface area (Å²) in [7, 11) is 3.12. The standard InChI is InChI=1S/C26H42N4O4.C7H11N3/c1-33-25-17-21(7-9-23(25)31)19-29-15-5-13-27-11-3-4-12-28-14-6-16-30-20-22-8-10-24(32)26(18-22)34-2;8-10-7-4-2-1-3-6(7)5-9-10/h7-10,17-18,27-32H,3-6,11-16,19-20H2,1-2H3;5H,1-4,8H2. The minimum Gasteiger partial charge on any atom is -0.504 e. The van der Waals surface area contributed by atoms with Crippen molar-refractivity contribution in [2.24, 2.45) is 0 Å². The highest BCUT2D eigenvalue weighted by atomic mass is 16.5. The van der Waals surface area contributed by atoms with Crippen LogP contribution in [0.3, 0.4) is 0 Å². The lowest BCUT2D eigenvalue weighted by atomic mass is 9.99. The molecule has 0 fully saturated rings. The summed E-state index contributed by atoms with van der Waals surface area (Å²) in [6.45, 7) is 7.56. The number of aromatic hydroxyl groups is 2. The second-order valence-corrected chi connectivity index (χ2v) is 11.0. The molecule has 8 N–H and O–H groups in total. The summed E-state index contributed by atoms with van der Waals surface area (Å²) in [4.78, 5) is 1.51. The van der Waals surface area contributed by atoms with Gasteiger partial charge in [-0.15, -0.1) is 0 Å². The van der Waals surface area contributed by atoms with Gasteiger partial charge in [0.25, 0.3) is 0 Å². The Morgan fingerprint density at radius 1 is 0.705 bits per heavy atom. The Kier molecular flexibility index (Phi) is 16.3. The summed E-state index contributed by atoms with van der Waals surface area (Å²) in [5.41, 5.74) is 4.77. The minimum atomic E-state index is 0.172. The Morgan fingerprint density at radius 3 is 1.68 bits per heavy atom. The summed E-state index contributed by atoms with van der Waals surface area (Å²) in [5.74, 6) is 6.94. The van der Waals surface area contributed by atoms with Gasteiger partial charge in [-0.05, 0) is 132 Å². The highest BCUT2D eigenvalue weighted by molar-refractivity contribution is 5.42. The summed E-state index contributed by atoms with van der Waals surface area (Å²) < 4.78 is 10.3. The van der Waals surface area contributed by atoms with Crippen LogP contribution in [0.25, 0.3) is 0 Å². The van der Waals surface area contributed by atoms with Crippen molar-refractivity contribution in [1.29, 1.82) is 0 Å². The first-order chi connectivity index (χ1) is 21.5. The summed E-state index contributed by atoms with van der Waals surface area (Å²) in [6.07, 6.45) is 11.2. The van der Waals surface area contributed by atoms with E-state index in [9.17, 15) is 10.2 Å². The van der Waals surface area contributed by atoms with Gasteiger partial charge >= 0.3 is 0 Å². The second-order valence-electron chi connectivity index (χ2n) is 11.0. The molecule has 1 aliphatic rings. The zero-order chi connectivity index (χ0) is 31.4. The molecule has 3 aromatic rings. The number of nitrogen functional groups attached to an aromatic ring is 1. The number of aryl methyl sites for hydroxylation is 1. The number of benzene rings is 2. The lowest BCUT2D eigenvalue weighted by Crippen LogP contribution is -2.24. The van der Waals surface area contributed by atoms with Crippen LogP contribution in [-0.2, 0) is 25.9 Å². The SMILES string of the molecule is COc1cc(CNCCCNCCCCNCCCNCc2ccc(O)c(OC)c2)ccc1O.Nn1ncc2c1CCCC2. The molecule has 0 atom stereocenters. The van der Waals surface area contributed by atoms with Gasteiger partial charge in [-0.25, -0.2) is 0 Å². The van der Waals surface area contributed by atoms with E-state index in [-0.39, 0.29) is 11.5 Å². The fraction of sp³-hybridized carbons (Fsp3) is 0.545. The largest absolute Gasteiger partial charge is 0.504 e. The number of phenolic OH excluding ortho intramolecular Hbond substituents is 2. The molecule has 4 rings (SSSR count). The van der Waals surface area contributed by atoms with E-state index in [4.69, 9.17) is 15.3 Å². The van der Waals surface area contributed by atoms with Crippen molar-refractivity contribution in [2.45, 2.75) is 64.5 Å². The van der Waals surface area contributed by atoms with Gasteiger partial charge in [0.15, 0.2) is 23.0 Å². The van der Waals surface area contributed by atoms with E-state index in [0.29, 0.717) is 11.5 Å². The third-order valence-corrected chi connectivity index (χ3v) is 7.61. The second kappa shape index (κ2) is 20.4. The molecule has 1 aliphatic carbocycles. The van der Waals surface area contributed by atoms with Crippen LogP contribution in [0.2, 0.25) is 0 Å². The molecule has 11 heteroatoms. The molecule has 0 aliphatic heterocycles. The van der Waals surface area contributed by atoms with E-state index in [1.54, 1.807) is 26.4 Å². The summed E-state index contributed by atoms with van der Waals surface area (Å²) >= 11 is 0. The third kappa shape index (κ3) is 12.6. The van der Waals surface area contributed by atoms with Gasteiger partial charge in [0, 0.05) is 13.1 Å². The van der Waals surface area contributed by atoms with Crippen molar-refractivity contribution in [3.05, 3.63) is 65.0 Å². The number of nitrogens with two attached hydrogens (primary N) is 1. The van der Waals surface area contributed by atoms with Gasteiger partial charge < -0.3 is 46.8 Å². The van der Waals surface area contributed by atoms with Crippen molar-refractivity contribution in [1.82, 2.24) is 31.2 Å². The van der Waals surface area contributed by atoms with Crippen molar-refractivity contribution in [3.63, 3.8) is 0 Å². The molecule has 0 spiro atoms. The Hall–Kier alpha value is -3.51. The maximum atomic E-state index is 9.63. The predicted molar refractivity (Wildman–Crippen MR) is 176 cm³/mol. The van der Waals surface area contributed by atoms with Crippen molar-refractivity contribution >= 4 is 0 Å². The van der Waals surface area contributed by atoms with Crippen LogP contribution in [0, 0.1) is 0 Å². The molecule has 244 valence electrons. The number of hydrogen-bond donors (Lipinski definition) is 7. The average Bonchev–Trinajstić information content (AvgIpc) is 3.43. The van der Waals surface area contributed by atoms with Crippen LogP contribution < -0.4 is 36.6 Å². The molecule has 1 aromatic heterocycles. The number of fused-ring (bicyclic) bond motifs is 1. The molecule has 0 radical (unpaired) electrons. The Labute approximate surface area is 262 Å². The molecule has 0 saturated carbocycles. The van der Waals surface area contributed by atoms with E-state index in [1.165, 1.54) is 41.7 Å². The molecule has 1 heterocycles. The molecular weight excluding hydrogens is 558 g/mol.